The Morgan fingerprint density at radius 2 is 1.27 bits per heavy atom. The minimum absolute atomic E-state index is 0.0761. The molecular formula is C22H23N3O6S2. The van der Waals surface area contributed by atoms with E-state index in [9.17, 15) is 21.6 Å². The van der Waals surface area contributed by atoms with Gasteiger partial charge in [-0.25, -0.2) is 21.6 Å². The van der Waals surface area contributed by atoms with Crippen LogP contribution in [-0.4, -0.2) is 36.4 Å². The number of rotatable bonds is 9. The third-order valence-corrected chi connectivity index (χ3v) is 7.36. The van der Waals surface area contributed by atoms with Crippen LogP contribution in [-0.2, 0) is 20.0 Å². The zero-order valence-electron chi connectivity index (χ0n) is 17.9. The molecule has 0 saturated heterocycles. The SMILES string of the molecule is CCOc1ccc(S(=O)(=O)Nc2ccc(C(=O)Nc3ccc(S(=O)(=O)NC)cc3)cc2)cc1. The second kappa shape index (κ2) is 10.0. The lowest BCUT2D eigenvalue weighted by Gasteiger charge is -2.10. The highest BCUT2D eigenvalue weighted by atomic mass is 32.2. The molecule has 0 unspecified atom stereocenters. The van der Waals surface area contributed by atoms with Crippen LogP contribution in [0.1, 0.15) is 17.3 Å². The fourth-order valence-electron chi connectivity index (χ4n) is 2.82. The molecule has 0 aliphatic rings. The van der Waals surface area contributed by atoms with E-state index in [1.165, 1.54) is 67.7 Å². The Kier molecular flexibility index (Phi) is 7.36. The molecule has 0 aromatic heterocycles. The second-order valence-electron chi connectivity index (χ2n) is 6.77. The number of hydrogen-bond acceptors (Lipinski definition) is 6. The molecule has 174 valence electrons. The molecule has 11 heteroatoms. The van der Waals surface area contributed by atoms with Gasteiger partial charge in [-0.15, -0.1) is 0 Å². The van der Waals surface area contributed by atoms with Gasteiger partial charge in [-0.1, -0.05) is 0 Å². The molecule has 0 saturated carbocycles. The van der Waals surface area contributed by atoms with Crippen molar-refractivity contribution in [3.8, 4) is 5.75 Å². The number of carbonyl (C=O) groups excluding carboxylic acids is 1. The predicted molar refractivity (Wildman–Crippen MR) is 126 cm³/mol. The first-order valence-electron chi connectivity index (χ1n) is 9.85. The maximum Gasteiger partial charge on any atom is 0.261 e. The molecule has 3 aromatic rings. The summed E-state index contributed by atoms with van der Waals surface area (Å²) in [6.45, 7) is 2.32. The summed E-state index contributed by atoms with van der Waals surface area (Å²) in [4.78, 5) is 12.6. The van der Waals surface area contributed by atoms with Gasteiger partial charge >= 0.3 is 0 Å². The van der Waals surface area contributed by atoms with Crippen molar-refractivity contribution in [2.24, 2.45) is 0 Å². The summed E-state index contributed by atoms with van der Waals surface area (Å²) in [5, 5.41) is 2.66. The van der Waals surface area contributed by atoms with Gasteiger partial charge < -0.3 is 10.1 Å². The Balaban J connectivity index is 1.66. The summed E-state index contributed by atoms with van der Waals surface area (Å²) in [5.41, 5.74) is 1.00. The first-order chi connectivity index (χ1) is 15.6. The molecule has 0 radical (unpaired) electrons. The molecule has 9 nitrogen and oxygen atoms in total. The average molecular weight is 490 g/mol. The summed E-state index contributed by atoms with van der Waals surface area (Å²) >= 11 is 0. The van der Waals surface area contributed by atoms with Crippen molar-refractivity contribution in [2.75, 3.05) is 23.7 Å². The summed E-state index contributed by atoms with van der Waals surface area (Å²) < 4.78 is 58.7. The molecule has 0 aliphatic carbocycles. The van der Waals surface area contributed by atoms with Gasteiger partial charge in [0.25, 0.3) is 15.9 Å². The second-order valence-corrected chi connectivity index (χ2v) is 10.3. The Hall–Kier alpha value is -3.41. The molecule has 0 spiro atoms. The van der Waals surface area contributed by atoms with E-state index in [1.807, 2.05) is 6.92 Å². The van der Waals surface area contributed by atoms with Crippen molar-refractivity contribution in [1.82, 2.24) is 4.72 Å². The lowest BCUT2D eigenvalue weighted by atomic mass is 10.2. The van der Waals surface area contributed by atoms with E-state index >= 15 is 0 Å². The summed E-state index contributed by atoms with van der Waals surface area (Å²) in [7, 11) is -6.06. The van der Waals surface area contributed by atoms with E-state index in [0.29, 0.717) is 29.3 Å². The Morgan fingerprint density at radius 3 is 1.82 bits per heavy atom. The van der Waals surface area contributed by atoms with Gasteiger partial charge in [0.15, 0.2) is 0 Å². The van der Waals surface area contributed by atoms with Crippen molar-refractivity contribution in [3.05, 3.63) is 78.4 Å². The molecule has 0 bridgehead atoms. The van der Waals surface area contributed by atoms with Gasteiger partial charge in [0, 0.05) is 16.9 Å². The molecule has 3 aromatic carbocycles. The number of amides is 1. The lowest BCUT2D eigenvalue weighted by molar-refractivity contribution is 0.102. The van der Waals surface area contributed by atoms with Crippen LogP contribution in [0.3, 0.4) is 0 Å². The van der Waals surface area contributed by atoms with Crippen molar-refractivity contribution in [3.63, 3.8) is 0 Å². The van der Waals surface area contributed by atoms with Crippen LogP contribution < -0.4 is 19.5 Å². The average Bonchev–Trinajstić information content (AvgIpc) is 2.80. The van der Waals surface area contributed by atoms with Crippen LogP contribution in [0, 0.1) is 0 Å². The van der Waals surface area contributed by atoms with E-state index in [-0.39, 0.29) is 9.79 Å². The first kappa shape index (κ1) is 24.2. The van der Waals surface area contributed by atoms with Crippen LogP contribution in [0.2, 0.25) is 0 Å². The summed E-state index contributed by atoms with van der Waals surface area (Å²) in [6, 6.07) is 17.6. The zero-order valence-corrected chi connectivity index (χ0v) is 19.5. The summed E-state index contributed by atoms with van der Waals surface area (Å²) in [6.07, 6.45) is 0. The molecule has 1 amide bonds. The first-order valence-corrected chi connectivity index (χ1v) is 12.8. The monoisotopic (exact) mass is 489 g/mol. The van der Waals surface area contributed by atoms with Crippen molar-refractivity contribution in [1.29, 1.82) is 0 Å². The van der Waals surface area contributed by atoms with E-state index in [4.69, 9.17) is 4.74 Å². The molecule has 33 heavy (non-hydrogen) atoms. The molecule has 0 aliphatic heterocycles. The van der Waals surface area contributed by atoms with Crippen LogP contribution in [0.25, 0.3) is 0 Å². The number of nitrogens with one attached hydrogen (secondary N) is 3. The highest BCUT2D eigenvalue weighted by molar-refractivity contribution is 7.92. The zero-order chi connectivity index (χ0) is 24.1. The highest BCUT2D eigenvalue weighted by Crippen LogP contribution is 2.20. The van der Waals surface area contributed by atoms with E-state index < -0.39 is 26.0 Å². The van der Waals surface area contributed by atoms with Gasteiger partial charge in [0.2, 0.25) is 10.0 Å². The standard InChI is InChI=1S/C22H23N3O6S2/c1-3-31-19-10-14-21(15-11-19)33(29,30)25-18-6-4-16(5-7-18)22(26)24-17-8-12-20(13-9-17)32(27,28)23-2/h4-15,23,25H,3H2,1-2H3,(H,24,26). The van der Waals surface area contributed by atoms with Crippen molar-refractivity contribution < 1.29 is 26.4 Å². The number of hydrogen-bond donors (Lipinski definition) is 3. The highest BCUT2D eigenvalue weighted by Gasteiger charge is 2.15. The Labute approximate surface area is 192 Å². The van der Waals surface area contributed by atoms with Crippen LogP contribution in [0.5, 0.6) is 5.75 Å². The lowest BCUT2D eigenvalue weighted by Crippen LogP contribution is -2.18. The number of anilines is 2. The number of carbonyl (C=O) groups is 1. The van der Waals surface area contributed by atoms with Gasteiger partial charge in [-0.2, -0.15) is 0 Å². The molecule has 0 atom stereocenters. The minimum atomic E-state index is -3.81. The smallest absolute Gasteiger partial charge is 0.261 e. The summed E-state index contributed by atoms with van der Waals surface area (Å²) in [5.74, 6) is 0.144. The number of ether oxygens (including phenoxy) is 1. The van der Waals surface area contributed by atoms with Gasteiger partial charge in [0.1, 0.15) is 5.75 Å². The molecule has 0 fully saturated rings. The maximum absolute atomic E-state index is 12.6. The quantitative estimate of drug-likeness (QED) is 0.423. The fraction of sp³-hybridized carbons (Fsp3) is 0.136. The number of sulfonamides is 2. The maximum atomic E-state index is 12.6. The van der Waals surface area contributed by atoms with Crippen LogP contribution >= 0.6 is 0 Å². The Bertz CT molecular complexity index is 1320. The molecule has 3 N–H and O–H groups in total. The van der Waals surface area contributed by atoms with Crippen LogP contribution in [0.4, 0.5) is 11.4 Å². The molecular weight excluding hydrogens is 466 g/mol. The minimum Gasteiger partial charge on any atom is -0.494 e. The predicted octanol–water partition coefficient (Wildman–Crippen LogP) is 3.05. The Morgan fingerprint density at radius 1 is 0.758 bits per heavy atom. The molecule has 0 heterocycles. The largest absolute Gasteiger partial charge is 0.494 e. The topological polar surface area (TPSA) is 131 Å². The van der Waals surface area contributed by atoms with Crippen molar-refractivity contribution >= 4 is 37.3 Å². The van der Waals surface area contributed by atoms with Gasteiger partial charge in [-0.3, -0.25) is 9.52 Å². The van der Waals surface area contributed by atoms with Crippen LogP contribution in [0.15, 0.2) is 82.6 Å². The third-order valence-electron chi connectivity index (χ3n) is 4.54. The number of benzene rings is 3. The van der Waals surface area contributed by atoms with Gasteiger partial charge in [0.05, 0.1) is 16.4 Å². The van der Waals surface area contributed by atoms with E-state index in [0.717, 1.165) is 0 Å². The fourth-order valence-corrected chi connectivity index (χ4v) is 4.61. The third kappa shape index (κ3) is 6.09. The normalized spacial score (nSPS) is 11.6. The van der Waals surface area contributed by atoms with Crippen molar-refractivity contribution in [2.45, 2.75) is 16.7 Å². The van der Waals surface area contributed by atoms with Gasteiger partial charge in [-0.05, 0) is 86.8 Å². The van der Waals surface area contributed by atoms with E-state index in [1.54, 1.807) is 12.1 Å². The van der Waals surface area contributed by atoms with E-state index in [2.05, 4.69) is 14.8 Å². The molecule has 3 rings (SSSR count).